The van der Waals surface area contributed by atoms with Crippen LogP contribution in [0.5, 0.6) is 0 Å². The van der Waals surface area contributed by atoms with Gasteiger partial charge in [0.15, 0.2) is 21.7 Å². The van der Waals surface area contributed by atoms with Crippen molar-refractivity contribution in [2.45, 2.75) is 19.4 Å². The van der Waals surface area contributed by atoms with Gasteiger partial charge < -0.3 is 10.4 Å². The van der Waals surface area contributed by atoms with Gasteiger partial charge in [0, 0.05) is 0 Å². The standard InChI is InChI=1S/C9H9ClN4O.C5H3ClN2O2/c1-9(2,5-11)12-8(15)6-3-4-7(10)14-13-6;6-4-2-1-3(5(9)10)7-8-4/h3-4H,1-2H3,(H,12,15);1-2H,(H,9,10). The number of rotatable bonds is 3. The van der Waals surface area contributed by atoms with Crippen molar-refractivity contribution < 1.29 is 14.7 Å². The maximum absolute atomic E-state index is 11.5. The van der Waals surface area contributed by atoms with Gasteiger partial charge in [0.05, 0.1) is 6.07 Å². The third kappa shape index (κ3) is 7.07. The molecule has 2 aromatic rings. The van der Waals surface area contributed by atoms with Crippen molar-refractivity contribution in [2.24, 2.45) is 0 Å². The van der Waals surface area contributed by atoms with Crippen LogP contribution < -0.4 is 5.32 Å². The van der Waals surface area contributed by atoms with Crippen LogP contribution in [0.2, 0.25) is 10.3 Å². The second kappa shape index (κ2) is 8.86. The van der Waals surface area contributed by atoms with Crippen LogP contribution in [0.3, 0.4) is 0 Å². The molecule has 2 rings (SSSR count). The number of nitriles is 1. The van der Waals surface area contributed by atoms with Gasteiger partial charge in [-0.25, -0.2) is 4.79 Å². The molecule has 0 bridgehead atoms. The van der Waals surface area contributed by atoms with Gasteiger partial charge in [-0.1, -0.05) is 23.2 Å². The van der Waals surface area contributed by atoms with E-state index in [1.807, 2.05) is 6.07 Å². The lowest BCUT2D eigenvalue weighted by Crippen LogP contribution is -2.42. The molecule has 0 saturated carbocycles. The van der Waals surface area contributed by atoms with E-state index in [0.717, 1.165) is 0 Å². The largest absolute Gasteiger partial charge is 0.476 e. The van der Waals surface area contributed by atoms with Crippen molar-refractivity contribution in [3.63, 3.8) is 0 Å². The summed E-state index contributed by atoms with van der Waals surface area (Å²) in [7, 11) is 0. The molecule has 0 radical (unpaired) electrons. The molecule has 130 valence electrons. The van der Waals surface area contributed by atoms with E-state index in [-0.39, 0.29) is 21.7 Å². The molecule has 1 amide bonds. The number of halogens is 2. The van der Waals surface area contributed by atoms with Crippen molar-refractivity contribution in [1.29, 1.82) is 5.26 Å². The molecule has 0 aliphatic rings. The number of carboxylic acids is 1. The van der Waals surface area contributed by atoms with Crippen LogP contribution in [-0.2, 0) is 0 Å². The summed E-state index contributed by atoms with van der Waals surface area (Å²) >= 11 is 10.9. The average Bonchev–Trinajstić information content (AvgIpc) is 2.56. The van der Waals surface area contributed by atoms with E-state index in [0.29, 0.717) is 0 Å². The Morgan fingerprint density at radius 1 is 1.04 bits per heavy atom. The van der Waals surface area contributed by atoms with Gasteiger partial charge in [-0.15, -0.1) is 20.4 Å². The maximum Gasteiger partial charge on any atom is 0.356 e. The van der Waals surface area contributed by atoms with Crippen LogP contribution in [-0.4, -0.2) is 42.9 Å². The third-order valence-corrected chi connectivity index (χ3v) is 2.82. The number of aromatic carboxylic acids is 1. The Labute approximate surface area is 152 Å². The molecule has 25 heavy (non-hydrogen) atoms. The van der Waals surface area contributed by atoms with Gasteiger partial charge in [0.1, 0.15) is 5.54 Å². The van der Waals surface area contributed by atoms with E-state index in [2.05, 4.69) is 25.7 Å². The van der Waals surface area contributed by atoms with E-state index in [4.69, 9.17) is 33.6 Å². The zero-order valence-electron chi connectivity index (χ0n) is 13.1. The van der Waals surface area contributed by atoms with E-state index in [1.165, 1.54) is 24.3 Å². The second-order valence-corrected chi connectivity index (χ2v) is 5.75. The molecule has 0 unspecified atom stereocenters. The van der Waals surface area contributed by atoms with E-state index in [1.54, 1.807) is 13.8 Å². The molecule has 0 aliphatic carbocycles. The summed E-state index contributed by atoms with van der Waals surface area (Å²) in [6.07, 6.45) is 0. The summed E-state index contributed by atoms with van der Waals surface area (Å²) in [4.78, 5) is 21.7. The van der Waals surface area contributed by atoms with Gasteiger partial charge in [0.2, 0.25) is 0 Å². The molecular formula is C14H12Cl2N6O3. The Morgan fingerprint density at radius 3 is 1.88 bits per heavy atom. The summed E-state index contributed by atoms with van der Waals surface area (Å²) in [5, 5.41) is 33.7. The number of carbonyl (C=O) groups excluding carboxylic acids is 1. The van der Waals surface area contributed by atoms with Crippen molar-refractivity contribution in [2.75, 3.05) is 0 Å². The van der Waals surface area contributed by atoms with Crippen molar-refractivity contribution in [1.82, 2.24) is 25.7 Å². The number of hydrogen-bond donors (Lipinski definition) is 2. The predicted molar refractivity (Wildman–Crippen MR) is 88.2 cm³/mol. The average molecular weight is 383 g/mol. The maximum atomic E-state index is 11.5. The fourth-order valence-electron chi connectivity index (χ4n) is 1.24. The highest BCUT2D eigenvalue weighted by Gasteiger charge is 2.21. The van der Waals surface area contributed by atoms with Crippen LogP contribution in [0.15, 0.2) is 24.3 Å². The summed E-state index contributed by atoms with van der Waals surface area (Å²) in [5.41, 5.74) is -0.912. The van der Waals surface area contributed by atoms with Crippen LogP contribution in [0, 0.1) is 11.3 Å². The molecular weight excluding hydrogens is 371 g/mol. The zero-order chi connectivity index (χ0) is 19.0. The van der Waals surface area contributed by atoms with Gasteiger partial charge in [0.25, 0.3) is 5.91 Å². The predicted octanol–water partition coefficient (Wildman–Crippen LogP) is 1.99. The molecule has 2 N–H and O–H groups in total. The van der Waals surface area contributed by atoms with Crippen molar-refractivity contribution in [3.05, 3.63) is 46.0 Å². The molecule has 2 aromatic heterocycles. The normalized spacial score (nSPS) is 10.0. The second-order valence-electron chi connectivity index (χ2n) is 4.98. The highest BCUT2D eigenvalue weighted by Crippen LogP contribution is 2.05. The molecule has 9 nitrogen and oxygen atoms in total. The quantitative estimate of drug-likeness (QED) is 0.819. The van der Waals surface area contributed by atoms with Crippen molar-refractivity contribution in [3.8, 4) is 6.07 Å². The minimum absolute atomic E-state index is 0.107. The number of hydrogen-bond acceptors (Lipinski definition) is 7. The molecule has 0 aliphatic heterocycles. The first-order valence-corrected chi connectivity index (χ1v) is 7.36. The highest BCUT2D eigenvalue weighted by molar-refractivity contribution is 6.29. The van der Waals surface area contributed by atoms with Crippen LogP contribution in [0.25, 0.3) is 0 Å². The SMILES string of the molecule is CC(C)(C#N)NC(=O)c1ccc(Cl)nn1.O=C(O)c1ccc(Cl)nn1. The minimum Gasteiger partial charge on any atom is -0.476 e. The summed E-state index contributed by atoms with van der Waals surface area (Å²) in [5.74, 6) is -1.56. The van der Waals surface area contributed by atoms with Gasteiger partial charge >= 0.3 is 5.97 Å². The smallest absolute Gasteiger partial charge is 0.356 e. The Hall–Kier alpha value is -2.83. The molecule has 0 atom stereocenters. The van der Waals surface area contributed by atoms with Crippen molar-refractivity contribution >= 4 is 35.1 Å². The van der Waals surface area contributed by atoms with E-state index >= 15 is 0 Å². The summed E-state index contributed by atoms with van der Waals surface area (Å²) in [6, 6.07) is 7.51. The van der Waals surface area contributed by atoms with Gasteiger partial charge in [-0.2, -0.15) is 5.26 Å². The van der Waals surface area contributed by atoms with Crippen LogP contribution in [0.1, 0.15) is 34.8 Å². The summed E-state index contributed by atoms with van der Waals surface area (Å²) in [6.45, 7) is 3.18. The first-order valence-electron chi connectivity index (χ1n) is 6.60. The van der Waals surface area contributed by atoms with E-state index < -0.39 is 17.4 Å². The van der Waals surface area contributed by atoms with Crippen LogP contribution in [0.4, 0.5) is 0 Å². The fraction of sp³-hybridized carbons (Fsp3) is 0.214. The Balaban J connectivity index is 0.000000271. The zero-order valence-corrected chi connectivity index (χ0v) is 14.6. The topological polar surface area (TPSA) is 142 Å². The molecule has 0 fully saturated rings. The first-order chi connectivity index (χ1) is 11.6. The van der Waals surface area contributed by atoms with Crippen LogP contribution >= 0.6 is 23.2 Å². The third-order valence-electron chi connectivity index (χ3n) is 2.42. The Bertz CT molecular complexity index is 788. The Kier molecular flexibility index (Phi) is 7.17. The minimum atomic E-state index is -1.11. The number of aromatic nitrogens is 4. The molecule has 2 heterocycles. The number of amides is 1. The first kappa shape index (κ1) is 20.2. The molecule has 11 heteroatoms. The number of carbonyl (C=O) groups is 2. The number of nitrogens with one attached hydrogen (secondary N) is 1. The van der Waals surface area contributed by atoms with Gasteiger partial charge in [-0.05, 0) is 38.1 Å². The van der Waals surface area contributed by atoms with E-state index in [9.17, 15) is 9.59 Å². The lowest BCUT2D eigenvalue weighted by atomic mass is 10.1. The number of nitrogens with zero attached hydrogens (tertiary/aromatic N) is 5. The highest BCUT2D eigenvalue weighted by atomic mass is 35.5. The lowest BCUT2D eigenvalue weighted by molar-refractivity contribution is 0.0689. The fourth-order valence-corrected chi connectivity index (χ4v) is 1.44. The molecule has 0 aromatic carbocycles. The monoisotopic (exact) mass is 382 g/mol. The molecule has 0 spiro atoms. The summed E-state index contributed by atoms with van der Waals surface area (Å²) < 4.78 is 0. The lowest BCUT2D eigenvalue weighted by Gasteiger charge is -2.16. The Morgan fingerprint density at radius 2 is 1.52 bits per heavy atom. The number of carboxylic acid groups (broad SMARTS) is 1. The van der Waals surface area contributed by atoms with Gasteiger partial charge in [-0.3, -0.25) is 4.79 Å². The molecule has 0 saturated heterocycles.